The summed E-state index contributed by atoms with van der Waals surface area (Å²) in [7, 11) is 1.71. The fourth-order valence-corrected chi connectivity index (χ4v) is 2.89. The van der Waals surface area contributed by atoms with E-state index < -0.39 is 0 Å². The number of benzene rings is 1. The fourth-order valence-electron chi connectivity index (χ4n) is 2.89. The number of hydrogen-bond acceptors (Lipinski definition) is 4. The highest BCUT2D eigenvalue weighted by Crippen LogP contribution is 2.30. The predicted octanol–water partition coefficient (Wildman–Crippen LogP) is 1.80. The molecular formula is C15H24N2O2. The average molecular weight is 264 g/mol. The monoisotopic (exact) mass is 264 g/mol. The lowest BCUT2D eigenvalue weighted by molar-refractivity contribution is -0.0801. The van der Waals surface area contributed by atoms with Crippen LogP contribution in [0.3, 0.4) is 0 Å². The molecule has 4 heteroatoms. The molecule has 0 aliphatic carbocycles. The number of methoxy groups -OCH3 is 1. The number of nitrogens with zero attached hydrogens (tertiary/aromatic N) is 1. The maximum Gasteiger partial charge on any atom is 0.123 e. The summed E-state index contributed by atoms with van der Waals surface area (Å²) < 4.78 is 11.2. The highest BCUT2D eigenvalue weighted by Gasteiger charge is 2.29. The summed E-state index contributed by atoms with van der Waals surface area (Å²) in [5.41, 5.74) is 7.17. The molecule has 1 aliphatic rings. The summed E-state index contributed by atoms with van der Waals surface area (Å²) >= 11 is 0. The topological polar surface area (TPSA) is 47.7 Å². The molecule has 0 radical (unpaired) electrons. The van der Waals surface area contributed by atoms with E-state index in [0.29, 0.717) is 6.54 Å². The Balaban J connectivity index is 2.23. The van der Waals surface area contributed by atoms with E-state index in [1.54, 1.807) is 7.11 Å². The number of rotatable bonds is 4. The zero-order chi connectivity index (χ0) is 13.8. The molecule has 0 saturated carbocycles. The van der Waals surface area contributed by atoms with Gasteiger partial charge in [-0.2, -0.15) is 0 Å². The molecule has 1 aromatic rings. The van der Waals surface area contributed by atoms with Crippen LogP contribution < -0.4 is 10.5 Å². The molecule has 3 atom stereocenters. The summed E-state index contributed by atoms with van der Waals surface area (Å²) in [5, 5.41) is 0. The lowest BCUT2D eigenvalue weighted by Crippen LogP contribution is -2.48. The molecular weight excluding hydrogens is 240 g/mol. The average Bonchev–Trinajstić information content (AvgIpc) is 2.39. The highest BCUT2D eigenvalue weighted by atomic mass is 16.5. The number of ether oxygens (including phenoxy) is 2. The molecule has 0 spiro atoms. The second-order valence-corrected chi connectivity index (χ2v) is 5.20. The van der Waals surface area contributed by atoms with Crippen LogP contribution in [-0.2, 0) is 4.74 Å². The van der Waals surface area contributed by atoms with E-state index in [1.807, 2.05) is 18.2 Å². The van der Waals surface area contributed by atoms with Crippen molar-refractivity contribution < 1.29 is 9.47 Å². The number of para-hydroxylation sites is 1. The molecule has 0 aromatic heterocycles. The van der Waals surface area contributed by atoms with Crippen LogP contribution in [0.1, 0.15) is 25.5 Å². The molecule has 4 nitrogen and oxygen atoms in total. The van der Waals surface area contributed by atoms with Crippen molar-refractivity contribution in [2.45, 2.75) is 32.1 Å². The normalized spacial score (nSPS) is 26.1. The molecule has 1 fully saturated rings. The molecule has 1 aliphatic heterocycles. The Morgan fingerprint density at radius 2 is 1.95 bits per heavy atom. The van der Waals surface area contributed by atoms with Gasteiger partial charge in [0.15, 0.2) is 0 Å². The standard InChI is InChI=1S/C15H24N2O2/c1-11-9-17(10-12(2)19-11)14(8-16)13-6-4-5-7-15(13)18-3/h4-7,11-12,14H,8-10,16H2,1-3H3/t11-,12-,14+/m1/s1. The molecule has 2 rings (SSSR count). The molecule has 2 N–H and O–H groups in total. The minimum atomic E-state index is 0.185. The highest BCUT2D eigenvalue weighted by molar-refractivity contribution is 5.36. The first kappa shape index (κ1) is 14.3. The molecule has 106 valence electrons. The summed E-state index contributed by atoms with van der Waals surface area (Å²) in [6.07, 6.45) is 0.486. The van der Waals surface area contributed by atoms with Crippen LogP contribution in [0.4, 0.5) is 0 Å². The minimum absolute atomic E-state index is 0.185. The maximum atomic E-state index is 6.01. The molecule has 19 heavy (non-hydrogen) atoms. The fraction of sp³-hybridized carbons (Fsp3) is 0.600. The quantitative estimate of drug-likeness (QED) is 0.901. The van der Waals surface area contributed by atoms with Gasteiger partial charge in [0.1, 0.15) is 5.75 Å². The zero-order valence-electron chi connectivity index (χ0n) is 12.0. The second-order valence-electron chi connectivity index (χ2n) is 5.20. The summed E-state index contributed by atoms with van der Waals surface area (Å²) in [6, 6.07) is 8.30. The SMILES string of the molecule is COc1ccccc1[C@H](CN)N1C[C@@H](C)O[C@H](C)C1. The zero-order valence-corrected chi connectivity index (χ0v) is 12.0. The number of nitrogens with two attached hydrogens (primary N) is 1. The summed E-state index contributed by atoms with van der Waals surface area (Å²) in [6.45, 7) is 6.62. The summed E-state index contributed by atoms with van der Waals surface area (Å²) in [4.78, 5) is 2.40. The van der Waals surface area contributed by atoms with Crippen LogP contribution in [0.5, 0.6) is 5.75 Å². The number of hydrogen-bond donors (Lipinski definition) is 1. The Hall–Kier alpha value is -1.10. The lowest BCUT2D eigenvalue weighted by atomic mass is 10.0. The van der Waals surface area contributed by atoms with E-state index in [0.717, 1.165) is 24.4 Å². The lowest BCUT2D eigenvalue weighted by Gasteiger charge is -2.40. The van der Waals surface area contributed by atoms with E-state index in [4.69, 9.17) is 15.2 Å². The van der Waals surface area contributed by atoms with Gasteiger partial charge in [-0.05, 0) is 19.9 Å². The molecule has 0 unspecified atom stereocenters. The van der Waals surface area contributed by atoms with Gasteiger partial charge in [-0.15, -0.1) is 0 Å². The molecule has 0 bridgehead atoms. The summed E-state index contributed by atoms with van der Waals surface area (Å²) in [5.74, 6) is 0.907. The van der Waals surface area contributed by atoms with Gasteiger partial charge in [0, 0.05) is 25.2 Å². The van der Waals surface area contributed by atoms with Gasteiger partial charge < -0.3 is 15.2 Å². The van der Waals surface area contributed by atoms with Gasteiger partial charge >= 0.3 is 0 Å². The Bertz CT molecular complexity index is 401. The maximum absolute atomic E-state index is 6.01. The van der Waals surface area contributed by atoms with Crippen molar-refractivity contribution in [3.8, 4) is 5.75 Å². The van der Waals surface area contributed by atoms with Crippen molar-refractivity contribution in [2.24, 2.45) is 5.73 Å². The Kier molecular flexibility index (Phi) is 4.80. The Morgan fingerprint density at radius 1 is 1.32 bits per heavy atom. The van der Waals surface area contributed by atoms with Crippen LogP contribution in [0, 0.1) is 0 Å². The third-order valence-electron chi connectivity index (χ3n) is 3.61. The Morgan fingerprint density at radius 3 is 2.53 bits per heavy atom. The van der Waals surface area contributed by atoms with Crippen molar-refractivity contribution in [3.63, 3.8) is 0 Å². The largest absolute Gasteiger partial charge is 0.496 e. The van der Waals surface area contributed by atoms with Crippen LogP contribution in [0.25, 0.3) is 0 Å². The van der Waals surface area contributed by atoms with Gasteiger partial charge in [0.2, 0.25) is 0 Å². The van der Waals surface area contributed by atoms with Crippen LogP contribution >= 0.6 is 0 Å². The van der Waals surface area contributed by atoms with E-state index in [2.05, 4.69) is 24.8 Å². The van der Waals surface area contributed by atoms with Gasteiger partial charge in [-0.1, -0.05) is 18.2 Å². The number of morpholine rings is 1. The first-order chi connectivity index (χ1) is 9.15. The predicted molar refractivity (Wildman–Crippen MR) is 76.4 cm³/mol. The molecule has 1 aromatic carbocycles. The van der Waals surface area contributed by atoms with Gasteiger partial charge in [-0.25, -0.2) is 0 Å². The second kappa shape index (κ2) is 6.37. The third-order valence-corrected chi connectivity index (χ3v) is 3.61. The molecule has 1 heterocycles. The van der Waals surface area contributed by atoms with E-state index in [1.165, 1.54) is 0 Å². The smallest absolute Gasteiger partial charge is 0.123 e. The van der Waals surface area contributed by atoms with Crippen LogP contribution in [0.15, 0.2) is 24.3 Å². The van der Waals surface area contributed by atoms with Gasteiger partial charge in [0.25, 0.3) is 0 Å². The molecule has 0 amide bonds. The van der Waals surface area contributed by atoms with E-state index in [-0.39, 0.29) is 18.2 Å². The van der Waals surface area contributed by atoms with Crippen molar-refractivity contribution >= 4 is 0 Å². The van der Waals surface area contributed by atoms with Crippen LogP contribution in [-0.4, -0.2) is 43.9 Å². The van der Waals surface area contributed by atoms with Crippen molar-refractivity contribution in [1.29, 1.82) is 0 Å². The van der Waals surface area contributed by atoms with Crippen molar-refractivity contribution in [3.05, 3.63) is 29.8 Å². The third kappa shape index (κ3) is 3.26. The van der Waals surface area contributed by atoms with E-state index >= 15 is 0 Å². The van der Waals surface area contributed by atoms with E-state index in [9.17, 15) is 0 Å². The van der Waals surface area contributed by atoms with Crippen molar-refractivity contribution in [1.82, 2.24) is 4.90 Å². The van der Waals surface area contributed by atoms with Gasteiger partial charge in [-0.3, -0.25) is 4.90 Å². The molecule has 1 saturated heterocycles. The van der Waals surface area contributed by atoms with Crippen molar-refractivity contribution in [2.75, 3.05) is 26.7 Å². The minimum Gasteiger partial charge on any atom is -0.496 e. The Labute approximate surface area is 115 Å². The van der Waals surface area contributed by atoms with Gasteiger partial charge in [0.05, 0.1) is 25.4 Å². The first-order valence-corrected chi connectivity index (χ1v) is 6.88. The first-order valence-electron chi connectivity index (χ1n) is 6.88. The van der Waals surface area contributed by atoms with Crippen LogP contribution in [0.2, 0.25) is 0 Å².